The molecule has 1 N–H and O–H groups in total. The number of ether oxygens (including phenoxy) is 2. The first-order chi connectivity index (χ1) is 16.1. The zero-order valence-electron chi connectivity index (χ0n) is 18.2. The van der Waals surface area contributed by atoms with Gasteiger partial charge in [-0.25, -0.2) is 8.42 Å². The number of halogens is 3. The van der Waals surface area contributed by atoms with Crippen LogP contribution >= 0.6 is 0 Å². The number of anilines is 2. The van der Waals surface area contributed by atoms with Gasteiger partial charge in [-0.1, -0.05) is 30.3 Å². The van der Waals surface area contributed by atoms with Crippen LogP contribution in [0.4, 0.5) is 24.5 Å². The van der Waals surface area contributed by atoms with E-state index in [0.29, 0.717) is 5.75 Å². The topological polar surface area (TPSA) is 84.9 Å². The van der Waals surface area contributed by atoms with Crippen molar-refractivity contribution in [1.82, 2.24) is 0 Å². The van der Waals surface area contributed by atoms with Crippen LogP contribution in [0.5, 0.6) is 11.5 Å². The molecule has 0 aliphatic rings. The number of nitrogens with zero attached hydrogens (tertiary/aromatic N) is 1. The first kappa shape index (κ1) is 24.9. The monoisotopic (exact) mass is 494 g/mol. The van der Waals surface area contributed by atoms with Crippen LogP contribution < -0.4 is 19.1 Å². The van der Waals surface area contributed by atoms with Crippen molar-refractivity contribution in [2.24, 2.45) is 0 Å². The van der Waals surface area contributed by atoms with Gasteiger partial charge in [0.2, 0.25) is 5.91 Å². The number of methoxy groups -OCH3 is 2. The van der Waals surface area contributed by atoms with E-state index in [1.165, 1.54) is 56.7 Å². The van der Waals surface area contributed by atoms with Gasteiger partial charge < -0.3 is 14.8 Å². The normalized spacial score (nSPS) is 11.6. The average Bonchev–Trinajstić information content (AvgIpc) is 2.82. The molecule has 34 heavy (non-hydrogen) atoms. The number of benzene rings is 3. The summed E-state index contributed by atoms with van der Waals surface area (Å²) in [5.74, 6) is -0.501. The van der Waals surface area contributed by atoms with Gasteiger partial charge >= 0.3 is 6.18 Å². The third-order valence-corrected chi connectivity index (χ3v) is 6.55. The Kier molecular flexibility index (Phi) is 7.35. The minimum atomic E-state index is -4.70. The van der Waals surface area contributed by atoms with Gasteiger partial charge in [-0.2, -0.15) is 13.2 Å². The molecule has 0 fully saturated rings. The van der Waals surface area contributed by atoms with Crippen LogP contribution in [0.1, 0.15) is 5.56 Å². The van der Waals surface area contributed by atoms with E-state index in [9.17, 15) is 26.4 Å². The number of hydrogen-bond acceptors (Lipinski definition) is 5. The highest BCUT2D eigenvalue weighted by atomic mass is 32.2. The van der Waals surface area contributed by atoms with Crippen LogP contribution in [0, 0.1) is 0 Å². The van der Waals surface area contributed by atoms with Crippen LogP contribution in [0.3, 0.4) is 0 Å². The minimum absolute atomic E-state index is 0.150. The maximum absolute atomic E-state index is 13.5. The molecule has 0 spiro atoms. The van der Waals surface area contributed by atoms with Gasteiger partial charge in [0.05, 0.1) is 36.1 Å². The lowest BCUT2D eigenvalue weighted by molar-refractivity contribution is -0.137. The predicted octanol–water partition coefficient (Wildman–Crippen LogP) is 4.56. The summed E-state index contributed by atoms with van der Waals surface area (Å²) in [6.45, 7) is -0.771. The van der Waals surface area contributed by atoms with Gasteiger partial charge in [0.15, 0.2) is 11.5 Å². The van der Waals surface area contributed by atoms with Crippen molar-refractivity contribution in [3.8, 4) is 11.5 Å². The third kappa shape index (κ3) is 5.42. The second-order valence-corrected chi connectivity index (χ2v) is 8.82. The van der Waals surface area contributed by atoms with Crippen LogP contribution in [0.15, 0.2) is 77.7 Å². The molecule has 3 aromatic rings. The lowest BCUT2D eigenvalue weighted by Gasteiger charge is -2.25. The lowest BCUT2D eigenvalue weighted by atomic mass is 10.1. The van der Waals surface area contributed by atoms with E-state index in [-0.39, 0.29) is 16.3 Å². The smallest absolute Gasteiger partial charge is 0.418 e. The molecule has 0 aliphatic carbocycles. The van der Waals surface area contributed by atoms with E-state index < -0.39 is 39.9 Å². The molecule has 3 aromatic carbocycles. The highest BCUT2D eigenvalue weighted by Crippen LogP contribution is 2.35. The SMILES string of the molecule is COc1ccc(S(=O)(=O)N(CC(=O)Nc2ccccc2C(F)(F)F)c2ccccc2)cc1OC. The fourth-order valence-electron chi connectivity index (χ4n) is 3.17. The molecule has 0 saturated carbocycles. The Morgan fingerprint density at radius 1 is 0.912 bits per heavy atom. The Balaban J connectivity index is 1.98. The molecule has 11 heteroatoms. The molecule has 0 aliphatic heterocycles. The number of alkyl halides is 3. The van der Waals surface area contributed by atoms with Gasteiger partial charge in [0.25, 0.3) is 10.0 Å². The Labute approximate surface area is 194 Å². The van der Waals surface area contributed by atoms with Crippen molar-refractivity contribution < 1.29 is 35.9 Å². The first-order valence-electron chi connectivity index (χ1n) is 9.84. The Morgan fingerprint density at radius 2 is 1.53 bits per heavy atom. The van der Waals surface area contributed by atoms with E-state index in [1.807, 2.05) is 0 Å². The van der Waals surface area contributed by atoms with Crippen molar-refractivity contribution in [2.45, 2.75) is 11.1 Å². The summed E-state index contributed by atoms with van der Waals surface area (Å²) < 4.78 is 77.9. The molecule has 0 unspecified atom stereocenters. The van der Waals surface area contributed by atoms with Gasteiger partial charge in [-0.05, 0) is 36.4 Å². The Hall–Kier alpha value is -3.73. The molecular formula is C23H21F3N2O5S. The molecule has 1 amide bonds. The van der Waals surface area contributed by atoms with Crippen molar-refractivity contribution in [3.63, 3.8) is 0 Å². The molecule has 0 saturated heterocycles. The van der Waals surface area contributed by atoms with Crippen molar-refractivity contribution in [2.75, 3.05) is 30.4 Å². The number of carbonyl (C=O) groups excluding carboxylic acids is 1. The van der Waals surface area contributed by atoms with E-state index in [0.717, 1.165) is 16.4 Å². The molecule has 180 valence electrons. The number of rotatable bonds is 8. The summed E-state index contributed by atoms with van der Waals surface area (Å²) in [5.41, 5.74) is -1.37. The van der Waals surface area contributed by atoms with Gasteiger partial charge in [0.1, 0.15) is 6.54 Å². The Morgan fingerprint density at radius 3 is 2.15 bits per heavy atom. The quantitative estimate of drug-likeness (QED) is 0.497. The molecular weight excluding hydrogens is 473 g/mol. The van der Waals surface area contributed by atoms with Crippen LogP contribution in [-0.4, -0.2) is 35.1 Å². The number of amides is 1. The zero-order chi connectivity index (χ0) is 24.9. The number of para-hydroxylation sites is 2. The second-order valence-electron chi connectivity index (χ2n) is 6.96. The molecule has 0 atom stereocenters. The summed E-state index contributed by atoms with van der Waals surface area (Å²) in [6, 6.07) is 16.1. The predicted molar refractivity (Wildman–Crippen MR) is 121 cm³/mol. The van der Waals surface area contributed by atoms with E-state index in [1.54, 1.807) is 18.2 Å². The molecule has 0 bridgehead atoms. The van der Waals surface area contributed by atoms with Gasteiger partial charge in [0, 0.05) is 6.07 Å². The highest BCUT2D eigenvalue weighted by molar-refractivity contribution is 7.92. The van der Waals surface area contributed by atoms with E-state index >= 15 is 0 Å². The minimum Gasteiger partial charge on any atom is -0.493 e. The van der Waals surface area contributed by atoms with Gasteiger partial charge in [-0.3, -0.25) is 9.10 Å². The molecule has 3 rings (SSSR count). The summed E-state index contributed by atoms with van der Waals surface area (Å²) in [5, 5.41) is 2.17. The number of carbonyl (C=O) groups is 1. The van der Waals surface area contributed by atoms with E-state index in [2.05, 4.69) is 5.32 Å². The maximum atomic E-state index is 13.5. The first-order valence-corrected chi connectivity index (χ1v) is 11.3. The zero-order valence-corrected chi connectivity index (χ0v) is 19.0. The fourth-order valence-corrected chi connectivity index (χ4v) is 4.61. The summed E-state index contributed by atoms with van der Waals surface area (Å²) in [6.07, 6.45) is -4.70. The van der Waals surface area contributed by atoms with Crippen LogP contribution in [0.2, 0.25) is 0 Å². The Bertz CT molecular complexity index is 1270. The van der Waals surface area contributed by atoms with Crippen molar-refractivity contribution >= 4 is 27.3 Å². The maximum Gasteiger partial charge on any atom is 0.418 e. The van der Waals surface area contributed by atoms with Crippen LogP contribution in [0.25, 0.3) is 0 Å². The summed E-state index contributed by atoms with van der Waals surface area (Å²) in [7, 11) is -1.59. The van der Waals surface area contributed by atoms with E-state index in [4.69, 9.17) is 9.47 Å². The largest absolute Gasteiger partial charge is 0.493 e. The number of hydrogen-bond donors (Lipinski definition) is 1. The summed E-state index contributed by atoms with van der Waals surface area (Å²) >= 11 is 0. The number of nitrogens with one attached hydrogen (secondary N) is 1. The fraction of sp³-hybridized carbons (Fsp3) is 0.174. The molecule has 0 radical (unpaired) electrons. The van der Waals surface area contributed by atoms with Crippen LogP contribution in [-0.2, 0) is 21.0 Å². The number of sulfonamides is 1. The lowest BCUT2D eigenvalue weighted by Crippen LogP contribution is -2.38. The second kappa shape index (κ2) is 10.0. The standard InChI is InChI=1S/C23H21F3N2O5S/c1-32-20-13-12-17(14-21(20)33-2)34(30,31)28(16-8-4-3-5-9-16)15-22(29)27-19-11-7-6-10-18(19)23(24,25)26/h3-14H,15H2,1-2H3,(H,27,29). The van der Waals surface area contributed by atoms with Gasteiger partial charge in [-0.15, -0.1) is 0 Å². The highest BCUT2D eigenvalue weighted by Gasteiger charge is 2.34. The third-order valence-electron chi connectivity index (χ3n) is 4.78. The molecule has 7 nitrogen and oxygen atoms in total. The average molecular weight is 494 g/mol. The molecule has 0 aromatic heterocycles. The van der Waals surface area contributed by atoms with Crippen molar-refractivity contribution in [1.29, 1.82) is 0 Å². The molecule has 0 heterocycles. The van der Waals surface area contributed by atoms with Crippen molar-refractivity contribution in [3.05, 3.63) is 78.4 Å². The summed E-state index contributed by atoms with van der Waals surface area (Å²) in [4.78, 5) is 12.6.